The van der Waals surface area contributed by atoms with E-state index in [-0.39, 0.29) is 11.2 Å². The Labute approximate surface area is 121 Å². The highest BCUT2D eigenvalue weighted by atomic mass is 16.5. The average Bonchev–Trinajstić information content (AvgIpc) is 2.42. The molecular formula is C18H22O2. The standard InChI is InChI=1S/C18H22O2/c1-5-9-18(12-13(2)3)10-8-14-11-15(20-4)6-7-16(14)17(18)19/h5-7,11H,1-2,8-10,12H2,3-4H3/t18-/m0/s1. The molecule has 0 heterocycles. The molecule has 2 nitrogen and oxygen atoms in total. The van der Waals surface area contributed by atoms with Crippen molar-refractivity contribution in [2.75, 3.05) is 7.11 Å². The van der Waals surface area contributed by atoms with Gasteiger partial charge in [0.1, 0.15) is 5.75 Å². The van der Waals surface area contributed by atoms with E-state index in [9.17, 15) is 4.79 Å². The second-order valence-corrected chi connectivity index (χ2v) is 5.76. The van der Waals surface area contributed by atoms with Crippen LogP contribution in [0.2, 0.25) is 0 Å². The molecule has 0 saturated heterocycles. The van der Waals surface area contributed by atoms with Crippen LogP contribution in [0.5, 0.6) is 5.75 Å². The van der Waals surface area contributed by atoms with Gasteiger partial charge < -0.3 is 4.74 Å². The molecule has 0 N–H and O–H groups in total. The number of benzene rings is 1. The number of carbonyl (C=O) groups is 1. The molecule has 2 rings (SSSR count). The zero-order chi connectivity index (χ0) is 14.8. The summed E-state index contributed by atoms with van der Waals surface area (Å²) in [5.74, 6) is 1.04. The first-order valence-electron chi connectivity index (χ1n) is 6.99. The summed E-state index contributed by atoms with van der Waals surface area (Å²) in [5.41, 5.74) is 2.63. The van der Waals surface area contributed by atoms with Crippen LogP contribution in [0.4, 0.5) is 0 Å². The molecule has 1 aromatic rings. The first kappa shape index (κ1) is 14.6. The number of aryl methyl sites for hydroxylation is 1. The number of ether oxygens (including phenoxy) is 1. The van der Waals surface area contributed by atoms with Gasteiger partial charge in [0.2, 0.25) is 0 Å². The van der Waals surface area contributed by atoms with E-state index < -0.39 is 0 Å². The lowest BCUT2D eigenvalue weighted by atomic mass is 9.65. The molecule has 0 fully saturated rings. The number of Topliss-reactive ketones (excluding diaryl/α,β-unsaturated/α-hetero) is 1. The molecular weight excluding hydrogens is 248 g/mol. The third-order valence-electron chi connectivity index (χ3n) is 4.09. The maximum absolute atomic E-state index is 12.9. The summed E-state index contributed by atoms with van der Waals surface area (Å²) in [7, 11) is 1.65. The predicted octanol–water partition coefficient (Wildman–Crippen LogP) is 4.35. The van der Waals surface area contributed by atoms with Crippen molar-refractivity contribution in [3.05, 3.63) is 54.1 Å². The maximum atomic E-state index is 12.9. The predicted molar refractivity (Wildman–Crippen MR) is 82.3 cm³/mol. The van der Waals surface area contributed by atoms with Crippen LogP contribution in [0.15, 0.2) is 43.0 Å². The summed E-state index contributed by atoms with van der Waals surface area (Å²) in [5, 5.41) is 0. The molecule has 0 saturated carbocycles. The van der Waals surface area contributed by atoms with Crippen LogP contribution in [0, 0.1) is 5.41 Å². The first-order chi connectivity index (χ1) is 9.52. The van der Waals surface area contributed by atoms with E-state index in [1.54, 1.807) is 7.11 Å². The fraction of sp³-hybridized carbons (Fsp3) is 0.389. The number of hydrogen-bond donors (Lipinski definition) is 0. The van der Waals surface area contributed by atoms with E-state index in [1.807, 2.05) is 31.2 Å². The molecule has 1 aromatic carbocycles. The summed E-state index contributed by atoms with van der Waals surface area (Å²) < 4.78 is 5.24. The molecule has 0 unspecified atom stereocenters. The quantitative estimate of drug-likeness (QED) is 0.743. The van der Waals surface area contributed by atoms with Crippen LogP contribution in [0.25, 0.3) is 0 Å². The van der Waals surface area contributed by atoms with Gasteiger partial charge >= 0.3 is 0 Å². The Balaban J connectivity index is 2.42. The van der Waals surface area contributed by atoms with Crippen LogP contribution in [-0.4, -0.2) is 12.9 Å². The Bertz CT molecular complexity index is 557. The second-order valence-electron chi connectivity index (χ2n) is 5.76. The molecule has 1 aliphatic carbocycles. The van der Waals surface area contributed by atoms with Crippen molar-refractivity contribution in [3.8, 4) is 5.75 Å². The molecule has 0 aliphatic heterocycles. The van der Waals surface area contributed by atoms with E-state index in [1.165, 1.54) is 0 Å². The van der Waals surface area contributed by atoms with Crippen LogP contribution in [0.1, 0.15) is 42.1 Å². The Morgan fingerprint density at radius 1 is 1.50 bits per heavy atom. The topological polar surface area (TPSA) is 26.3 Å². The second kappa shape index (κ2) is 5.66. The van der Waals surface area contributed by atoms with Crippen LogP contribution < -0.4 is 4.74 Å². The van der Waals surface area contributed by atoms with E-state index in [4.69, 9.17) is 4.74 Å². The summed E-state index contributed by atoms with van der Waals surface area (Å²) in [6.07, 6.45) is 5.06. The van der Waals surface area contributed by atoms with E-state index in [0.29, 0.717) is 6.42 Å². The minimum absolute atomic E-state index is 0.226. The van der Waals surface area contributed by atoms with Gasteiger partial charge in [-0.1, -0.05) is 11.6 Å². The number of carbonyl (C=O) groups excluding carboxylic acids is 1. The molecule has 2 heteroatoms. The number of hydrogen-bond acceptors (Lipinski definition) is 2. The van der Waals surface area contributed by atoms with Crippen molar-refractivity contribution in [1.29, 1.82) is 0 Å². The number of fused-ring (bicyclic) bond motifs is 1. The Hall–Kier alpha value is -1.83. The third kappa shape index (κ3) is 2.55. The first-order valence-corrected chi connectivity index (χ1v) is 6.99. The lowest BCUT2D eigenvalue weighted by Gasteiger charge is -2.36. The normalized spacial score (nSPS) is 21.2. The minimum Gasteiger partial charge on any atom is -0.497 e. The SMILES string of the molecule is C=CC[C@@]1(CC(=C)C)CCc2cc(OC)ccc2C1=O. The summed E-state index contributed by atoms with van der Waals surface area (Å²) >= 11 is 0. The molecule has 0 spiro atoms. The zero-order valence-electron chi connectivity index (χ0n) is 12.4. The van der Waals surface area contributed by atoms with Gasteiger partial charge in [0.05, 0.1) is 7.11 Å². The Morgan fingerprint density at radius 3 is 2.85 bits per heavy atom. The summed E-state index contributed by atoms with van der Waals surface area (Å²) in [6.45, 7) is 9.80. The van der Waals surface area contributed by atoms with Crippen molar-refractivity contribution >= 4 is 5.78 Å². The monoisotopic (exact) mass is 270 g/mol. The lowest BCUT2D eigenvalue weighted by molar-refractivity contribution is 0.0758. The number of ketones is 1. The van der Waals surface area contributed by atoms with Crippen LogP contribution in [0.3, 0.4) is 0 Å². The van der Waals surface area contributed by atoms with E-state index in [2.05, 4.69) is 13.2 Å². The van der Waals surface area contributed by atoms with Crippen LogP contribution >= 0.6 is 0 Å². The van der Waals surface area contributed by atoms with Gasteiger partial charge in [-0.2, -0.15) is 0 Å². The van der Waals surface area contributed by atoms with Crippen molar-refractivity contribution in [1.82, 2.24) is 0 Å². The van der Waals surface area contributed by atoms with Crippen molar-refractivity contribution in [2.45, 2.75) is 32.6 Å². The molecule has 0 aromatic heterocycles. The lowest BCUT2D eigenvalue weighted by Crippen LogP contribution is -2.36. The van der Waals surface area contributed by atoms with Crippen LogP contribution in [-0.2, 0) is 6.42 Å². The molecule has 0 radical (unpaired) electrons. The van der Waals surface area contributed by atoms with Gasteiger partial charge in [-0.25, -0.2) is 0 Å². The summed E-state index contributed by atoms with van der Waals surface area (Å²) in [6, 6.07) is 5.74. The van der Waals surface area contributed by atoms with Gasteiger partial charge in [-0.15, -0.1) is 13.2 Å². The number of methoxy groups -OCH3 is 1. The van der Waals surface area contributed by atoms with Gasteiger partial charge in [0.25, 0.3) is 0 Å². The highest BCUT2D eigenvalue weighted by Gasteiger charge is 2.41. The molecule has 106 valence electrons. The Morgan fingerprint density at radius 2 is 2.25 bits per heavy atom. The Kier molecular flexibility index (Phi) is 4.12. The smallest absolute Gasteiger partial charge is 0.169 e. The van der Waals surface area contributed by atoms with Gasteiger partial charge in [-0.3, -0.25) is 4.79 Å². The minimum atomic E-state index is -0.352. The third-order valence-corrected chi connectivity index (χ3v) is 4.09. The molecule has 0 bridgehead atoms. The van der Waals surface area contributed by atoms with E-state index >= 15 is 0 Å². The van der Waals surface area contributed by atoms with Gasteiger partial charge in [0, 0.05) is 11.0 Å². The maximum Gasteiger partial charge on any atom is 0.169 e. The zero-order valence-corrected chi connectivity index (χ0v) is 12.4. The molecule has 20 heavy (non-hydrogen) atoms. The van der Waals surface area contributed by atoms with Gasteiger partial charge in [0.15, 0.2) is 5.78 Å². The largest absolute Gasteiger partial charge is 0.497 e. The van der Waals surface area contributed by atoms with E-state index in [0.717, 1.165) is 41.7 Å². The summed E-state index contributed by atoms with van der Waals surface area (Å²) in [4.78, 5) is 12.9. The molecule has 1 aliphatic rings. The fourth-order valence-corrected chi connectivity index (χ4v) is 3.19. The van der Waals surface area contributed by atoms with Crippen molar-refractivity contribution in [2.24, 2.45) is 5.41 Å². The van der Waals surface area contributed by atoms with Crippen molar-refractivity contribution in [3.63, 3.8) is 0 Å². The van der Waals surface area contributed by atoms with Gasteiger partial charge in [-0.05, 0) is 56.4 Å². The average molecular weight is 270 g/mol. The molecule has 1 atom stereocenters. The molecule has 0 amide bonds. The number of rotatable bonds is 5. The number of allylic oxidation sites excluding steroid dienone is 2. The fourth-order valence-electron chi connectivity index (χ4n) is 3.19. The highest BCUT2D eigenvalue weighted by molar-refractivity contribution is 6.03. The highest BCUT2D eigenvalue weighted by Crippen LogP contribution is 2.43. The van der Waals surface area contributed by atoms with Crippen molar-refractivity contribution < 1.29 is 9.53 Å².